The van der Waals surface area contributed by atoms with E-state index in [9.17, 15) is 4.79 Å². The van der Waals surface area contributed by atoms with Crippen LogP contribution in [0.4, 0.5) is 0 Å². The lowest BCUT2D eigenvalue weighted by Crippen LogP contribution is -2.50. The maximum absolute atomic E-state index is 12.3. The molecule has 1 amide bonds. The van der Waals surface area contributed by atoms with E-state index in [1.807, 2.05) is 4.90 Å². The topological polar surface area (TPSA) is 46.3 Å². The molecule has 16 heavy (non-hydrogen) atoms. The Bertz CT molecular complexity index is 251. The zero-order valence-corrected chi connectivity index (χ0v) is 10.9. The quantitative estimate of drug-likeness (QED) is 0.769. The molecule has 3 nitrogen and oxygen atoms in total. The largest absolute Gasteiger partial charge is 0.341 e. The minimum atomic E-state index is -0.0724. The molecular formula is C12H23ClN2O. The normalized spacial score (nSPS) is 28.6. The number of halogens is 1. The summed E-state index contributed by atoms with van der Waals surface area (Å²) in [7, 11) is 0. The molecule has 1 saturated heterocycles. The van der Waals surface area contributed by atoms with E-state index in [1.165, 1.54) is 12.8 Å². The maximum atomic E-state index is 12.3. The van der Waals surface area contributed by atoms with Crippen LogP contribution in [0.15, 0.2) is 0 Å². The standard InChI is InChI=1S/C12H22N2O.ClH/c1-12(6-2-3-7-12)11(15)14-8-4-5-10(13)9-14;/h10H,2-9,13H2,1H3;1H. The highest BCUT2D eigenvalue weighted by Crippen LogP contribution is 2.39. The van der Waals surface area contributed by atoms with Gasteiger partial charge in [-0.05, 0) is 25.7 Å². The number of hydrogen-bond acceptors (Lipinski definition) is 2. The fourth-order valence-electron chi connectivity index (χ4n) is 2.95. The molecule has 0 aromatic heterocycles. The molecule has 1 heterocycles. The van der Waals surface area contributed by atoms with Gasteiger partial charge in [0.2, 0.25) is 5.91 Å². The number of amides is 1. The lowest BCUT2D eigenvalue weighted by atomic mass is 9.86. The molecule has 0 aromatic rings. The molecule has 0 radical (unpaired) electrons. The van der Waals surface area contributed by atoms with Crippen LogP contribution in [0.2, 0.25) is 0 Å². The Morgan fingerprint density at radius 3 is 2.50 bits per heavy atom. The summed E-state index contributed by atoms with van der Waals surface area (Å²) in [5.74, 6) is 0.357. The van der Waals surface area contributed by atoms with Gasteiger partial charge < -0.3 is 10.6 Å². The third-order valence-corrected chi connectivity index (χ3v) is 3.97. The van der Waals surface area contributed by atoms with Crippen molar-refractivity contribution in [1.82, 2.24) is 4.90 Å². The summed E-state index contributed by atoms with van der Waals surface area (Å²) < 4.78 is 0. The maximum Gasteiger partial charge on any atom is 0.228 e. The molecular weight excluding hydrogens is 224 g/mol. The number of carbonyl (C=O) groups excluding carboxylic acids is 1. The van der Waals surface area contributed by atoms with Gasteiger partial charge in [0.15, 0.2) is 0 Å². The first-order valence-corrected chi connectivity index (χ1v) is 6.17. The molecule has 0 spiro atoms. The third kappa shape index (κ3) is 2.69. The van der Waals surface area contributed by atoms with E-state index in [0.29, 0.717) is 5.91 Å². The number of likely N-dealkylation sites (tertiary alicyclic amines) is 1. The summed E-state index contributed by atoms with van der Waals surface area (Å²) in [6.45, 7) is 3.82. The molecule has 2 rings (SSSR count). The number of nitrogens with zero attached hydrogens (tertiary/aromatic N) is 1. The molecule has 1 saturated carbocycles. The molecule has 2 aliphatic rings. The Hall–Kier alpha value is -0.280. The summed E-state index contributed by atoms with van der Waals surface area (Å²) in [6, 6.07) is 0.202. The van der Waals surface area contributed by atoms with Crippen LogP contribution in [-0.4, -0.2) is 29.9 Å². The third-order valence-electron chi connectivity index (χ3n) is 3.97. The number of nitrogens with two attached hydrogens (primary N) is 1. The van der Waals surface area contributed by atoms with Crippen molar-refractivity contribution in [3.63, 3.8) is 0 Å². The predicted molar refractivity (Wildman–Crippen MR) is 67.6 cm³/mol. The Kier molecular flexibility index (Phi) is 4.62. The van der Waals surface area contributed by atoms with E-state index < -0.39 is 0 Å². The number of piperidine rings is 1. The molecule has 94 valence electrons. The number of rotatable bonds is 1. The zero-order chi connectivity index (χ0) is 10.9. The average molecular weight is 247 g/mol. The van der Waals surface area contributed by atoms with Crippen molar-refractivity contribution in [2.45, 2.75) is 51.5 Å². The summed E-state index contributed by atoms with van der Waals surface area (Å²) in [5.41, 5.74) is 5.84. The highest BCUT2D eigenvalue weighted by atomic mass is 35.5. The van der Waals surface area contributed by atoms with Crippen LogP contribution >= 0.6 is 12.4 Å². The zero-order valence-electron chi connectivity index (χ0n) is 10.1. The van der Waals surface area contributed by atoms with E-state index in [1.54, 1.807) is 0 Å². The van der Waals surface area contributed by atoms with Gasteiger partial charge in [-0.1, -0.05) is 19.8 Å². The van der Waals surface area contributed by atoms with Crippen molar-refractivity contribution >= 4 is 18.3 Å². The van der Waals surface area contributed by atoms with Crippen molar-refractivity contribution < 1.29 is 4.79 Å². The van der Waals surface area contributed by atoms with Gasteiger partial charge >= 0.3 is 0 Å². The van der Waals surface area contributed by atoms with Crippen molar-refractivity contribution in [1.29, 1.82) is 0 Å². The van der Waals surface area contributed by atoms with E-state index >= 15 is 0 Å². The highest BCUT2D eigenvalue weighted by molar-refractivity contribution is 5.85. The van der Waals surface area contributed by atoms with Gasteiger partial charge in [-0.25, -0.2) is 0 Å². The number of hydrogen-bond donors (Lipinski definition) is 1. The van der Waals surface area contributed by atoms with Crippen molar-refractivity contribution in [2.75, 3.05) is 13.1 Å². The van der Waals surface area contributed by atoms with Gasteiger partial charge in [-0.2, -0.15) is 0 Å². The summed E-state index contributed by atoms with van der Waals surface area (Å²) in [6.07, 6.45) is 6.70. The molecule has 1 aliphatic heterocycles. The smallest absolute Gasteiger partial charge is 0.228 e. The second-order valence-corrected chi connectivity index (χ2v) is 5.42. The SMILES string of the molecule is CC1(C(=O)N2CCCC(N)C2)CCCC1.Cl. The molecule has 1 atom stereocenters. The van der Waals surface area contributed by atoms with Crippen molar-refractivity contribution in [3.05, 3.63) is 0 Å². The Balaban J connectivity index is 0.00000128. The molecule has 1 unspecified atom stereocenters. The lowest BCUT2D eigenvalue weighted by molar-refractivity contribution is -0.142. The first-order valence-electron chi connectivity index (χ1n) is 6.17. The average Bonchev–Trinajstić information content (AvgIpc) is 2.65. The molecule has 1 aliphatic carbocycles. The molecule has 2 fully saturated rings. The minimum absolute atomic E-state index is 0. The predicted octanol–water partition coefficient (Wildman–Crippen LogP) is 1.94. The van der Waals surface area contributed by atoms with Gasteiger partial charge in [-0.3, -0.25) is 4.79 Å². The Labute approximate surface area is 104 Å². The summed E-state index contributed by atoms with van der Waals surface area (Å²) in [4.78, 5) is 14.3. The van der Waals surface area contributed by atoms with Gasteiger partial charge in [0.25, 0.3) is 0 Å². The summed E-state index contributed by atoms with van der Waals surface area (Å²) >= 11 is 0. The van der Waals surface area contributed by atoms with Crippen molar-refractivity contribution in [2.24, 2.45) is 11.1 Å². The van der Waals surface area contributed by atoms with E-state index in [4.69, 9.17) is 5.73 Å². The first-order chi connectivity index (χ1) is 7.12. The Morgan fingerprint density at radius 2 is 1.94 bits per heavy atom. The van der Waals surface area contributed by atoms with Gasteiger partial charge in [-0.15, -0.1) is 12.4 Å². The van der Waals surface area contributed by atoms with Crippen LogP contribution < -0.4 is 5.73 Å². The van der Waals surface area contributed by atoms with Crippen LogP contribution in [0.25, 0.3) is 0 Å². The van der Waals surface area contributed by atoms with Crippen LogP contribution in [0.5, 0.6) is 0 Å². The van der Waals surface area contributed by atoms with Crippen LogP contribution in [0.3, 0.4) is 0 Å². The number of carbonyl (C=O) groups is 1. The van der Waals surface area contributed by atoms with E-state index in [2.05, 4.69) is 6.92 Å². The van der Waals surface area contributed by atoms with E-state index in [0.717, 1.165) is 38.8 Å². The minimum Gasteiger partial charge on any atom is -0.341 e. The van der Waals surface area contributed by atoms with Gasteiger partial charge in [0, 0.05) is 24.5 Å². The van der Waals surface area contributed by atoms with Crippen molar-refractivity contribution in [3.8, 4) is 0 Å². The van der Waals surface area contributed by atoms with Crippen LogP contribution in [0, 0.1) is 5.41 Å². The monoisotopic (exact) mass is 246 g/mol. The molecule has 0 bridgehead atoms. The van der Waals surface area contributed by atoms with Gasteiger partial charge in [0.05, 0.1) is 0 Å². The second-order valence-electron chi connectivity index (χ2n) is 5.42. The molecule has 4 heteroatoms. The summed E-state index contributed by atoms with van der Waals surface area (Å²) in [5, 5.41) is 0. The fourth-order valence-corrected chi connectivity index (χ4v) is 2.95. The lowest BCUT2D eigenvalue weighted by Gasteiger charge is -2.36. The fraction of sp³-hybridized carbons (Fsp3) is 0.917. The highest BCUT2D eigenvalue weighted by Gasteiger charge is 2.39. The van der Waals surface area contributed by atoms with E-state index in [-0.39, 0.29) is 23.9 Å². The second kappa shape index (κ2) is 5.37. The van der Waals surface area contributed by atoms with Crippen LogP contribution in [-0.2, 0) is 4.79 Å². The van der Waals surface area contributed by atoms with Crippen LogP contribution in [0.1, 0.15) is 45.4 Å². The molecule has 0 aromatic carbocycles. The molecule has 2 N–H and O–H groups in total. The first kappa shape index (κ1) is 13.8. The Morgan fingerprint density at radius 1 is 1.31 bits per heavy atom. The van der Waals surface area contributed by atoms with Gasteiger partial charge in [0.1, 0.15) is 0 Å².